The molecular formula is C16H21BrN2O4. The molecule has 0 fully saturated rings. The van der Waals surface area contributed by atoms with E-state index in [0.29, 0.717) is 5.56 Å². The number of rotatable bonds is 6. The van der Waals surface area contributed by atoms with E-state index >= 15 is 0 Å². The lowest BCUT2D eigenvalue weighted by Gasteiger charge is -2.20. The molecule has 7 heteroatoms. The van der Waals surface area contributed by atoms with Crippen molar-refractivity contribution in [1.29, 1.82) is 0 Å². The van der Waals surface area contributed by atoms with Gasteiger partial charge in [0.05, 0.1) is 19.0 Å². The van der Waals surface area contributed by atoms with Gasteiger partial charge in [0.25, 0.3) is 0 Å². The highest BCUT2D eigenvalue weighted by Gasteiger charge is 2.23. The summed E-state index contributed by atoms with van der Waals surface area (Å²) in [6, 6.07) is 6.38. The summed E-state index contributed by atoms with van der Waals surface area (Å²) in [6.07, 6.45) is -0.236. The third-order valence-corrected chi connectivity index (χ3v) is 3.61. The molecule has 1 aromatic rings. The van der Waals surface area contributed by atoms with Crippen molar-refractivity contribution in [3.05, 3.63) is 34.3 Å². The topological polar surface area (TPSA) is 95.5 Å². The number of nitrogens with one attached hydrogen (secondary N) is 2. The number of benzene rings is 1. The SMILES string of the molecule is CC(C)(C)C(=O)NCC(=O)NC(CC(=O)O)c1ccc(Br)cc1. The van der Waals surface area contributed by atoms with Gasteiger partial charge in [0.2, 0.25) is 11.8 Å². The van der Waals surface area contributed by atoms with E-state index in [9.17, 15) is 14.4 Å². The highest BCUT2D eigenvalue weighted by Crippen LogP contribution is 2.19. The maximum atomic E-state index is 12.0. The van der Waals surface area contributed by atoms with Crippen LogP contribution < -0.4 is 10.6 Å². The second-order valence-corrected chi connectivity index (χ2v) is 7.12. The predicted molar refractivity (Wildman–Crippen MR) is 89.7 cm³/mol. The van der Waals surface area contributed by atoms with E-state index in [1.807, 2.05) is 0 Å². The molecule has 0 aromatic heterocycles. The molecule has 1 unspecified atom stereocenters. The molecule has 0 heterocycles. The number of aliphatic carboxylic acids is 1. The lowest BCUT2D eigenvalue weighted by atomic mass is 9.96. The zero-order valence-electron chi connectivity index (χ0n) is 13.4. The Bertz CT molecular complexity index is 579. The quantitative estimate of drug-likeness (QED) is 0.700. The lowest BCUT2D eigenvalue weighted by molar-refractivity contribution is -0.138. The van der Waals surface area contributed by atoms with Gasteiger partial charge in [-0.05, 0) is 17.7 Å². The van der Waals surface area contributed by atoms with Gasteiger partial charge in [-0.15, -0.1) is 0 Å². The van der Waals surface area contributed by atoms with Crippen molar-refractivity contribution in [3.8, 4) is 0 Å². The Hall–Kier alpha value is -1.89. The van der Waals surface area contributed by atoms with Gasteiger partial charge >= 0.3 is 5.97 Å². The molecule has 0 aliphatic carbocycles. The Balaban J connectivity index is 2.70. The fraction of sp³-hybridized carbons (Fsp3) is 0.438. The first-order valence-electron chi connectivity index (χ1n) is 7.14. The smallest absolute Gasteiger partial charge is 0.305 e. The Labute approximate surface area is 143 Å². The average molecular weight is 385 g/mol. The molecule has 0 saturated carbocycles. The molecule has 0 radical (unpaired) electrons. The molecule has 0 spiro atoms. The Morgan fingerprint density at radius 2 is 1.74 bits per heavy atom. The van der Waals surface area contributed by atoms with E-state index in [1.165, 1.54) is 0 Å². The zero-order valence-corrected chi connectivity index (χ0v) is 14.9. The van der Waals surface area contributed by atoms with Crippen molar-refractivity contribution in [2.24, 2.45) is 5.41 Å². The molecule has 1 rings (SSSR count). The first kappa shape index (κ1) is 19.2. The normalized spacial score (nSPS) is 12.3. The third-order valence-electron chi connectivity index (χ3n) is 3.08. The number of carbonyl (C=O) groups excluding carboxylic acids is 2. The number of halogens is 1. The molecule has 1 atom stereocenters. The number of hydrogen-bond donors (Lipinski definition) is 3. The lowest BCUT2D eigenvalue weighted by Crippen LogP contribution is -2.42. The largest absolute Gasteiger partial charge is 0.481 e. The summed E-state index contributed by atoms with van der Waals surface area (Å²) in [5.41, 5.74) is 0.0954. The summed E-state index contributed by atoms with van der Waals surface area (Å²) in [6.45, 7) is 5.04. The molecule has 23 heavy (non-hydrogen) atoms. The summed E-state index contributed by atoms with van der Waals surface area (Å²) in [5.74, 6) is -1.69. The van der Waals surface area contributed by atoms with Gasteiger partial charge in [-0.1, -0.05) is 48.8 Å². The number of hydrogen-bond acceptors (Lipinski definition) is 3. The first-order valence-corrected chi connectivity index (χ1v) is 7.94. The zero-order chi connectivity index (χ0) is 17.6. The summed E-state index contributed by atoms with van der Waals surface area (Å²) in [4.78, 5) is 34.7. The minimum absolute atomic E-state index is 0.192. The molecule has 0 aliphatic rings. The summed E-state index contributed by atoms with van der Waals surface area (Å²) in [7, 11) is 0. The molecule has 1 aromatic carbocycles. The van der Waals surface area contributed by atoms with Crippen LogP contribution in [0.2, 0.25) is 0 Å². The molecule has 126 valence electrons. The second kappa shape index (κ2) is 8.10. The van der Waals surface area contributed by atoms with Gasteiger partial charge in [-0.3, -0.25) is 14.4 Å². The van der Waals surface area contributed by atoms with Crippen molar-refractivity contribution in [3.63, 3.8) is 0 Å². The fourth-order valence-electron chi connectivity index (χ4n) is 1.79. The predicted octanol–water partition coefficient (Wildman–Crippen LogP) is 2.24. The molecule has 0 aliphatic heterocycles. The molecular weight excluding hydrogens is 364 g/mol. The van der Waals surface area contributed by atoms with E-state index < -0.39 is 23.3 Å². The van der Waals surface area contributed by atoms with Gasteiger partial charge in [0, 0.05) is 9.89 Å². The van der Waals surface area contributed by atoms with Crippen LogP contribution in [0.5, 0.6) is 0 Å². The van der Waals surface area contributed by atoms with Crippen LogP contribution in [0.15, 0.2) is 28.7 Å². The standard InChI is InChI=1S/C16H21BrN2O4/c1-16(2,3)15(23)18-9-13(20)19-12(8-14(21)22)10-4-6-11(17)7-5-10/h4-7,12H,8-9H2,1-3H3,(H,18,23)(H,19,20)(H,21,22). The van der Waals surface area contributed by atoms with Crippen LogP contribution in [0.25, 0.3) is 0 Å². The van der Waals surface area contributed by atoms with Gasteiger partial charge in [-0.25, -0.2) is 0 Å². The number of amides is 2. The third kappa shape index (κ3) is 6.81. The van der Waals surface area contributed by atoms with Gasteiger partial charge in [-0.2, -0.15) is 0 Å². The summed E-state index contributed by atoms with van der Waals surface area (Å²) >= 11 is 3.30. The Morgan fingerprint density at radius 3 is 2.22 bits per heavy atom. The van der Waals surface area contributed by atoms with Gasteiger partial charge in [0.15, 0.2) is 0 Å². The van der Waals surface area contributed by atoms with E-state index in [-0.39, 0.29) is 18.9 Å². The summed E-state index contributed by atoms with van der Waals surface area (Å²) in [5, 5.41) is 14.2. The number of carbonyl (C=O) groups is 3. The molecule has 2 amide bonds. The van der Waals surface area contributed by atoms with E-state index in [1.54, 1.807) is 45.0 Å². The minimum atomic E-state index is -1.02. The van der Waals surface area contributed by atoms with Crippen molar-refractivity contribution < 1.29 is 19.5 Å². The second-order valence-electron chi connectivity index (χ2n) is 6.20. The first-order chi connectivity index (χ1) is 10.6. The van der Waals surface area contributed by atoms with Gasteiger partial charge < -0.3 is 15.7 Å². The van der Waals surface area contributed by atoms with Crippen LogP contribution >= 0.6 is 15.9 Å². The highest BCUT2D eigenvalue weighted by atomic mass is 79.9. The van der Waals surface area contributed by atoms with Crippen LogP contribution in [0.4, 0.5) is 0 Å². The number of carboxylic acid groups (broad SMARTS) is 1. The van der Waals surface area contributed by atoms with E-state index in [0.717, 1.165) is 4.47 Å². The molecule has 6 nitrogen and oxygen atoms in total. The van der Waals surface area contributed by atoms with Crippen LogP contribution in [-0.4, -0.2) is 29.4 Å². The van der Waals surface area contributed by atoms with Crippen LogP contribution in [0.3, 0.4) is 0 Å². The average Bonchev–Trinajstić information content (AvgIpc) is 2.43. The van der Waals surface area contributed by atoms with Crippen LogP contribution in [-0.2, 0) is 14.4 Å². The number of carboxylic acids is 1. The highest BCUT2D eigenvalue weighted by molar-refractivity contribution is 9.10. The van der Waals surface area contributed by atoms with Gasteiger partial charge in [0.1, 0.15) is 0 Å². The minimum Gasteiger partial charge on any atom is -0.481 e. The van der Waals surface area contributed by atoms with Crippen LogP contribution in [0.1, 0.15) is 38.8 Å². The Morgan fingerprint density at radius 1 is 1.17 bits per heavy atom. The van der Waals surface area contributed by atoms with Crippen molar-refractivity contribution in [2.45, 2.75) is 33.2 Å². The van der Waals surface area contributed by atoms with E-state index in [2.05, 4.69) is 26.6 Å². The Kier molecular flexibility index (Phi) is 6.75. The maximum absolute atomic E-state index is 12.0. The maximum Gasteiger partial charge on any atom is 0.305 e. The molecule has 0 saturated heterocycles. The van der Waals surface area contributed by atoms with Crippen molar-refractivity contribution >= 4 is 33.7 Å². The molecule has 3 N–H and O–H groups in total. The van der Waals surface area contributed by atoms with Crippen molar-refractivity contribution in [2.75, 3.05) is 6.54 Å². The van der Waals surface area contributed by atoms with E-state index in [4.69, 9.17) is 5.11 Å². The summed E-state index contributed by atoms with van der Waals surface area (Å²) < 4.78 is 0.860. The molecule has 0 bridgehead atoms. The fourth-order valence-corrected chi connectivity index (χ4v) is 2.06. The monoisotopic (exact) mass is 384 g/mol. The van der Waals surface area contributed by atoms with Crippen LogP contribution in [0, 0.1) is 5.41 Å². The van der Waals surface area contributed by atoms with Crippen molar-refractivity contribution in [1.82, 2.24) is 10.6 Å².